The van der Waals surface area contributed by atoms with E-state index in [2.05, 4.69) is 29.4 Å². The van der Waals surface area contributed by atoms with E-state index in [0.717, 1.165) is 29.4 Å². The van der Waals surface area contributed by atoms with Gasteiger partial charge in [0, 0.05) is 23.8 Å². The molecule has 0 saturated carbocycles. The highest BCUT2D eigenvalue weighted by Gasteiger charge is 2.04. The highest BCUT2D eigenvalue weighted by atomic mass is 16.4. The van der Waals surface area contributed by atoms with E-state index in [4.69, 9.17) is 5.11 Å². The molecule has 0 amide bonds. The summed E-state index contributed by atoms with van der Waals surface area (Å²) in [5.74, 6) is -0.794. The molecule has 0 aliphatic carbocycles. The highest BCUT2D eigenvalue weighted by Crippen LogP contribution is 2.23. The summed E-state index contributed by atoms with van der Waals surface area (Å²) in [4.78, 5) is 14.9. The van der Waals surface area contributed by atoms with Crippen molar-refractivity contribution >= 4 is 22.6 Å². The van der Waals surface area contributed by atoms with Crippen molar-refractivity contribution in [2.24, 2.45) is 0 Å². The summed E-state index contributed by atoms with van der Waals surface area (Å²) in [6, 6.07) is 8.14. The summed E-state index contributed by atoms with van der Waals surface area (Å²) >= 11 is 0. The van der Waals surface area contributed by atoms with Gasteiger partial charge in [0.05, 0.1) is 11.9 Å². The number of pyridine rings is 1. The quantitative estimate of drug-likeness (QED) is 0.835. The number of aromatic nitrogens is 1. The van der Waals surface area contributed by atoms with Crippen LogP contribution in [0.25, 0.3) is 10.9 Å². The second-order valence-corrected chi connectivity index (χ2v) is 4.53. The second kappa shape index (κ2) is 6.18. The first-order valence-electron chi connectivity index (χ1n) is 6.54. The highest BCUT2D eigenvalue weighted by molar-refractivity contribution is 5.91. The standard InChI is InChI=1S/C15H18N2O2/c1-2-3-11-4-5-13-12(10-11)14(6-8-16-13)17-9-7-15(18)19/h4-6,8,10H,2-3,7,9H2,1H3,(H,16,17)(H,18,19). The third kappa shape index (κ3) is 3.44. The number of rotatable bonds is 6. The van der Waals surface area contributed by atoms with E-state index in [1.807, 2.05) is 12.1 Å². The van der Waals surface area contributed by atoms with Crippen molar-refractivity contribution in [2.45, 2.75) is 26.2 Å². The lowest BCUT2D eigenvalue weighted by atomic mass is 10.1. The molecular weight excluding hydrogens is 240 g/mol. The number of nitrogens with zero attached hydrogens (tertiary/aromatic N) is 1. The maximum atomic E-state index is 10.5. The molecule has 2 N–H and O–H groups in total. The molecule has 0 aliphatic heterocycles. The predicted molar refractivity (Wildman–Crippen MR) is 76.5 cm³/mol. The summed E-state index contributed by atoms with van der Waals surface area (Å²) in [5.41, 5.74) is 3.16. The molecule has 0 aliphatic rings. The Hall–Kier alpha value is -2.10. The SMILES string of the molecule is CCCc1ccc2nccc(NCCC(=O)O)c2c1. The van der Waals surface area contributed by atoms with Crippen LogP contribution in [0.1, 0.15) is 25.3 Å². The summed E-state index contributed by atoms with van der Waals surface area (Å²) < 4.78 is 0. The number of hydrogen-bond donors (Lipinski definition) is 2. The zero-order valence-corrected chi connectivity index (χ0v) is 11.0. The molecule has 0 bridgehead atoms. The number of carbonyl (C=O) groups is 1. The average Bonchev–Trinajstić information content (AvgIpc) is 2.39. The number of anilines is 1. The molecule has 4 nitrogen and oxygen atoms in total. The molecule has 1 heterocycles. The van der Waals surface area contributed by atoms with Crippen molar-refractivity contribution in [1.82, 2.24) is 4.98 Å². The normalized spacial score (nSPS) is 10.6. The number of carboxylic acids is 1. The van der Waals surface area contributed by atoms with Crippen LogP contribution >= 0.6 is 0 Å². The van der Waals surface area contributed by atoms with Crippen LogP contribution in [0.5, 0.6) is 0 Å². The molecule has 1 aromatic carbocycles. The van der Waals surface area contributed by atoms with Crippen molar-refractivity contribution in [1.29, 1.82) is 0 Å². The van der Waals surface area contributed by atoms with E-state index < -0.39 is 5.97 Å². The van der Waals surface area contributed by atoms with Gasteiger partial charge in [-0.15, -0.1) is 0 Å². The van der Waals surface area contributed by atoms with E-state index in [9.17, 15) is 4.79 Å². The molecule has 19 heavy (non-hydrogen) atoms. The van der Waals surface area contributed by atoms with Gasteiger partial charge in [-0.25, -0.2) is 0 Å². The first kappa shape index (κ1) is 13.3. The Bertz CT molecular complexity index is 581. The summed E-state index contributed by atoms with van der Waals surface area (Å²) in [6.45, 7) is 2.58. The number of nitrogens with one attached hydrogen (secondary N) is 1. The largest absolute Gasteiger partial charge is 0.481 e. The molecule has 4 heteroatoms. The van der Waals surface area contributed by atoms with Crippen molar-refractivity contribution in [3.05, 3.63) is 36.0 Å². The number of aryl methyl sites for hydroxylation is 1. The van der Waals surface area contributed by atoms with Crippen molar-refractivity contribution < 1.29 is 9.90 Å². The molecule has 0 unspecified atom stereocenters. The zero-order valence-electron chi connectivity index (χ0n) is 11.0. The van der Waals surface area contributed by atoms with E-state index in [0.29, 0.717) is 6.54 Å². The molecule has 0 spiro atoms. The molecule has 0 radical (unpaired) electrons. The Balaban J connectivity index is 2.26. The number of carboxylic acid groups (broad SMARTS) is 1. The lowest BCUT2D eigenvalue weighted by Gasteiger charge is -2.09. The number of benzene rings is 1. The van der Waals surface area contributed by atoms with E-state index in [1.54, 1.807) is 6.20 Å². The summed E-state index contributed by atoms with van der Waals surface area (Å²) in [5, 5.41) is 12.9. The average molecular weight is 258 g/mol. The molecule has 2 rings (SSSR count). The molecule has 2 aromatic rings. The van der Waals surface area contributed by atoms with E-state index in [1.165, 1.54) is 5.56 Å². The minimum atomic E-state index is -0.794. The topological polar surface area (TPSA) is 62.2 Å². The number of hydrogen-bond acceptors (Lipinski definition) is 3. The zero-order chi connectivity index (χ0) is 13.7. The summed E-state index contributed by atoms with van der Waals surface area (Å²) in [7, 11) is 0. The first-order chi connectivity index (χ1) is 9.20. The molecule has 0 saturated heterocycles. The third-order valence-corrected chi connectivity index (χ3v) is 3.00. The smallest absolute Gasteiger partial charge is 0.305 e. The minimum absolute atomic E-state index is 0.110. The Kier molecular flexibility index (Phi) is 4.34. The molecular formula is C15H18N2O2. The number of aliphatic carboxylic acids is 1. The minimum Gasteiger partial charge on any atom is -0.481 e. The van der Waals surface area contributed by atoms with Gasteiger partial charge in [-0.2, -0.15) is 0 Å². The van der Waals surface area contributed by atoms with Crippen LogP contribution in [0, 0.1) is 0 Å². The third-order valence-electron chi connectivity index (χ3n) is 3.00. The van der Waals surface area contributed by atoms with Gasteiger partial charge in [0.25, 0.3) is 0 Å². The fourth-order valence-corrected chi connectivity index (χ4v) is 2.10. The van der Waals surface area contributed by atoms with Crippen LogP contribution in [-0.2, 0) is 11.2 Å². The van der Waals surface area contributed by atoms with Crippen LogP contribution in [-0.4, -0.2) is 22.6 Å². The van der Waals surface area contributed by atoms with Gasteiger partial charge in [0.2, 0.25) is 0 Å². The Morgan fingerprint density at radius 3 is 2.95 bits per heavy atom. The van der Waals surface area contributed by atoms with Crippen LogP contribution in [0.4, 0.5) is 5.69 Å². The first-order valence-corrected chi connectivity index (χ1v) is 6.54. The van der Waals surface area contributed by atoms with Gasteiger partial charge in [0.1, 0.15) is 0 Å². The van der Waals surface area contributed by atoms with E-state index >= 15 is 0 Å². The van der Waals surface area contributed by atoms with Crippen LogP contribution in [0.3, 0.4) is 0 Å². The van der Waals surface area contributed by atoms with E-state index in [-0.39, 0.29) is 6.42 Å². The fraction of sp³-hybridized carbons (Fsp3) is 0.333. The second-order valence-electron chi connectivity index (χ2n) is 4.53. The van der Waals surface area contributed by atoms with Gasteiger partial charge in [-0.05, 0) is 30.2 Å². The van der Waals surface area contributed by atoms with Crippen molar-refractivity contribution in [3.63, 3.8) is 0 Å². The maximum Gasteiger partial charge on any atom is 0.305 e. The van der Waals surface area contributed by atoms with Crippen LogP contribution < -0.4 is 5.32 Å². The van der Waals surface area contributed by atoms with Crippen molar-refractivity contribution in [2.75, 3.05) is 11.9 Å². The number of fused-ring (bicyclic) bond motifs is 1. The van der Waals surface area contributed by atoms with Crippen molar-refractivity contribution in [3.8, 4) is 0 Å². The Morgan fingerprint density at radius 2 is 2.21 bits per heavy atom. The fourth-order valence-electron chi connectivity index (χ4n) is 2.10. The molecule has 1 aromatic heterocycles. The van der Waals surface area contributed by atoms with Gasteiger partial charge in [-0.1, -0.05) is 19.4 Å². The predicted octanol–water partition coefficient (Wildman–Crippen LogP) is 3.07. The van der Waals surface area contributed by atoms with Crippen LogP contribution in [0.2, 0.25) is 0 Å². The lowest BCUT2D eigenvalue weighted by molar-refractivity contribution is -0.136. The van der Waals surface area contributed by atoms with Gasteiger partial charge in [-0.3, -0.25) is 9.78 Å². The molecule has 0 fully saturated rings. The van der Waals surface area contributed by atoms with Gasteiger partial charge >= 0.3 is 5.97 Å². The molecule has 0 atom stereocenters. The van der Waals surface area contributed by atoms with Gasteiger partial charge < -0.3 is 10.4 Å². The monoisotopic (exact) mass is 258 g/mol. The maximum absolute atomic E-state index is 10.5. The van der Waals surface area contributed by atoms with Crippen LogP contribution in [0.15, 0.2) is 30.5 Å². The Morgan fingerprint density at radius 1 is 1.37 bits per heavy atom. The summed E-state index contributed by atoms with van der Waals surface area (Å²) in [6.07, 6.45) is 4.00. The molecule has 100 valence electrons. The van der Waals surface area contributed by atoms with Gasteiger partial charge in [0.15, 0.2) is 0 Å². The Labute approximate surface area is 112 Å². The lowest BCUT2D eigenvalue weighted by Crippen LogP contribution is -2.07.